The summed E-state index contributed by atoms with van der Waals surface area (Å²) in [5, 5.41) is 2.82. The van der Waals surface area contributed by atoms with Gasteiger partial charge in [-0.25, -0.2) is 4.21 Å². The van der Waals surface area contributed by atoms with Crippen LogP contribution in [0, 0.1) is 6.92 Å². The number of aryl methyl sites for hydroxylation is 1. The topological polar surface area (TPSA) is 72.5 Å². The summed E-state index contributed by atoms with van der Waals surface area (Å²) < 4.78 is 18.4. The van der Waals surface area contributed by atoms with E-state index in [9.17, 15) is 13.8 Å². The minimum Gasteiger partial charge on any atom is -0.457 e. The van der Waals surface area contributed by atoms with Crippen molar-refractivity contribution >= 4 is 28.4 Å². The Morgan fingerprint density at radius 3 is 2.23 bits per heavy atom. The largest absolute Gasteiger partial charge is 0.457 e. The molecule has 3 rings (SSSR count). The Hall–Kier alpha value is -3.25. The summed E-state index contributed by atoms with van der Waals surface area (Å²) >= 11 is 0. The quantitative estimate of drug-likeness (QED) is 0.557. The van der Waals surface area contributed by atoms with E-state index in [0.29, 0.717) is 15.5 Å². The van der Waals surface area contributed by atoms with E-state index in [-0.39, 0.29) is 12.3 Å². The zero-order chi connectivity index (χ0) is 21.5. The second-order valence-electron chi connectivity index (χ2n) is 6.84. The van der Waals surface area contributed by atoms with Gasteiger partial charge in [0.25, 0.3) is 0 Å². The standard InChI is InChI=1S/C24H23NO4S/c1-17-12-14-20(15-13-17)30(28)23-11-7-6-10-21(23)25-24(27)16-22(29-18(2)26)19-8-4-3-5-9-19/h3-15,22H,16H2,1-2H3,(H,25,27)/t22-,30?/m0/s1. The Labute approximate surface area is 178 Å². The summed E-state index contributed by atoms with van der Waals surface area (Å²) in [6, 6.07) is 23.5. The maximum Gasteiger partial charge on any atom is 0.303 e. The Balaban J connectivity index is 1.78. The first-order valence-corrected chi connectivity index (χ1v) is 10.7. The van der Waals surface area contributed by atoms with Gasteiger partial charge in [0, 0.05) is 11.8 Å². The van der Waals surface area contributed by atoms with Crippen LogP contribution in [-0.2, 0) is 25.1 Å². The maximum absolute atomic E-state index is 13.0. The minimum absolute atomic E-state index is 0.0465. The highest BCUT2D eigenvalue weighted by Crippen LogP contribution is 2.26. The number of hydrogen-bond acceptors (Lipinski definition) is 4. The number of carbonyl (C=O) groups excluding carboxylic acids is 2. The fourth-order valence-electron chi connectivity index (χ4n) is 2.99. The van der Waals surface area contributed by atoms with Gasteiger partial charge in [0.2, 0.25) is 5.91 Å². The second kappa shape index (κ2) is 9.98. The predicted molar refractivity (Wildman–Crippen MR) is 116 cm³/mol. The van der Waals surface area contributed by atoms with Crippen LogP contribution in [0.15, 0.2) is 88.7 Å². The molecule has 0 saturated carbocycles. The molecule has 1 unspecified atom stereocenters. The highest BCUT2D eigenvalue weighted by atomic mass is 32.2. The van der Waals surface area contributed by atoms with Crippen molar-refractivity contribution in [1.82, 2.24) is 0 Å². The molecule has 6 heteroatoms. The number of benzene rings is 3. The minimum atomic E-state index is -1.44. The molecular weight excluding hydrogens is 398 g/mol. The zero-order valence-corrected chi connectivity index (χ0v) is 17.6. The van der Waals surface area contributed by atoms with E-state index in [1.54, 1.807) is 36.4 Å². The Kier molecular flexibility index (Phi) is 7.14. The van der Waals surface area contributed by atoms with Gasteiger partial charge < -0.3 is 10.1 Å². The van der Waals surface area contributed by atoms with Gasteiger partial charge in [-0.3, -0.25) is 9.59 Å². The molecule has 0 spiro atoms. The molecule has 0 heterocycles. The van der Waals surface area contributed by atoms with Gasteiger partial charge in [-0.05, 0) is 36.8 Å². The zero-order valence-electron chi connectivity index (χ0n) is 16.8. The molecule has 2 atom stereocenters. The Morgan fingerprint density at radius 1 is 0.933 bits per heavy atom. The van der Waals surface area contributed by atoms with Gasteiger partial charge in [-0.1, -0.05) is 60.2 Å². The van der Waals surface area contributed by atoms with Gasteiger partial charge >= 0.3 is 5.97 Å². The number of ether oxygens (including phenoxy) is 1. The summed E-state index contributed by atoms with van der Waals surface area (Å²) in [6.07, 6.45) is -0.742. The van der Waals surface area contributed by atoms with Gasteiger partial charge in [0.1, 0.15) is 6.10 Å². The van der Waals surface area contributed by atoms with Gasteiger partial charge in [0.15, 0.2) is 0 Å². The Bertz CT molecular complexity index is 1050. The average molecular weight is 422 g/mol. The number of amides is 1. The summed E-state index contributed by atoms with van der Waals surface area (Å²) in [7, 11) is -1.44. The fraction of sp³-hybridized carbons (Fsp3) is 0.167. The lowest BCUT2D eigenvalue weighted by Crippen LogP contribution is -2.19. The van der Waals surface area contributed by atoms with Crippen molar-refractivity contribution in [2.75, 3.05) is 5.32 Å². The fourth-order valence-corrected chi connectivity index (χ4v) is 4.14. The van der Waals surface area contributed by atoms with Crippen molar-refractivity contribution in [3.8, 4) is 0 Å². The number of nitrogens with one attached hydrogen (secondary N) is 1. The molecule has 1 amide bonds. The number of esters is 1. The van der Waals surface area contributed by atoms with Crippen molar-refractivity contribution in [2.24, 2.45) is 0 Å². The molecule has 0 aliphatic carbocycles. The van der Waals surface area contributed by atoms with E-state index < -0.39 is 22.9 Å². The summed E-state index contributed by atoms with van der Waals surface area (Å²) in [4.78, 5) is 25.4. The van der Waals surface area contributed by atoms with Crippen LogP contribution in [0.3, 0.4) is 0 Å². The molecule has 0 aromatic heterocycles. The first-order valence-electron chi connectivity index (χ1n) is 9.53. The van der Waals surface area contributed by atoms with Gasteiger partial charge in [0.05, 0.1) is 27.8 Å². The first kappa shape index (κ1) is 21.5. The molecule has 0 radical (unpaired) electrons. The molecule has 0 bridgehead atoms. The third kappa shape index (κ3) is 5.64. The smallest absolute Gasteiger partial charge is 0.303 e. The van der Waals surface area contributed by atoms with E-state index in [1.807, 2.05) is 49.4 Å². The normalized spacial score (nSPS) is 12.6. The third-order valence-corrected chi connectivity index (χ3v) is 5.90. The van der Waals surface area contributed by atoms with Gasteiger partial charge in [-0.15, -0.1) is 0 Å². The highest BCUT2D eigenvalue weighted by molar-refractivity contribution is 7.85. The second-order valence-corrected chi connectivity index (χ2v) is 8.29. The summed E-state index contributed by atoms with van der Waals surface area (Å²) in [6.45, 7) is 3.28. The molecule has 30 heavy (non-hydrogen) atoms. The van der Waals surface area contributed by atoms with E-state index in [2.05, 4.69) is 5.32 Å². The number of para-hydroxylation sites is 1. The van der Waals surface area contributed by atoms with Crippen LogP contribution in [-0.4, -0.2) is 16.1 Å². The van der Waals surface area contributed by atoms with Gasteiger partial charge in [-0.2, -0.15) is 0 Å². The lowest BCUT2D eigenvalue weighted by Gasteiger charge is -2.18. The van der Waals surface area contributed by atoms with Crippen LogP contribution < -0.4 is 5.32 Å². The lowest BCUT2D eigenvalue weighted by atomic mass is 10.1. The number of anilines is 1. The van der Waals surface area contributed by atoms with Crippen LogP contribution in [0.2, 0.25) is 0 Å². The van der Waals surface area contributed by atoms with Crippen LogP contribution in [0.1, 0.15) is 30.6 Å². The van der Waals surface area contributed by atoms with E-state index in [0.717, 1.165) is 11.1 Å². The molecule has 3 aromatic carbocycles. The number of rotatable bonds is 7. The SMILES string of the molecule is CC(=O)O[C@@H](CC(=O)Nc1ccccc1S(=O)c1ccc(C)cc1)c1ccccc1. The lowest BCUT2D eigenvalue weighted by molar-refractivity contribution is -0.147. The Morgan fingerprint density at radius 2 is 1.57 bits per heavy atom. The van der Waals surface area contributed by atoms with Crippen LogP contribution in [0.25, 0.3) is 0 Å². The molecular formula is C24H23NO4S. The van der Waals surface area contributed by atoms with E-state index in [4.69, 9.17) is 4.74 Å². The van der Waals surface area contributed by atoms with Crippen molar-refractivity contribution in [1.29, 1.82) is 0 Å². The summed E-state index contributed by atoms with van der Waals surface area (Å²) in [5.74, 6) is -0.795. The molecule has 0 aliphatic heterocycles. The van der Waals surface area contributed by atoms with Crippen molar-refractivity contribution in [3.05, 3.63) is 90.0 Å². The predicted octanol–water partition coefficient (Wildman–Crippen LogP) is 4.79. The molecule has 1 N–H and O–H groups in total. The molecule has 154 valence electrons. The third-order valence-electron chi connectivity index (χ3n) is 4.45. The summed E-state index contributed by atoms with van der Waals surface area (Å²) in [5.41, 5.74) is 2.28. The average Bonchev–Trinajstić information content (AvgIpc) is 2.74. The van der Waals surface area contributed by atoms with E-state index in [1.165, 1.54) is 6.92 Å². The van der Waals surface area contributed by atoms with Crippen LogP contribution in [0.4, 0.5) is 5.69 Å². The van der Waals surface area contributed by atoms with Crippen molar-refractivity contribution in [2.45, 2.75) is 36.2 Å². The molecule has 5 nitrogen and oxygen atoms in total. The number of carbonyl (C=O) groups is 2. The van der Waals surface area contributed by atoms with Crippen LogP contribution >= 0.6 is 0 Å². The maximum atomic E-state index is 13.0. The molecule has 0 fully saturated rings. The van der Waals surface area contributed by atoms with Crippen LogP contribution in [0.5, 0.6) is 0 Å². The molecule has 0 aliphatic rings. The molecule has 0 saturated heterocycles. The van der Waals surface area contributed by atoms with Crippen molar-refractivity contribution in [3.63, 3.8) is 0 Å². The first-order chi connectivity index (χ1) is 14.4. The van der Waals surface area contributed by atoms with E-state index >= 15 is 0 Å². The molecule has 3 aromatic rings. The highest BCUT2D eigenvalue weighted by Gasteiger charge is 2.20. The van der Waals surface area contributed by atoms with Crippen molar-refractivity contribution < 1.29 is 18.5 Å². The number of hydrogen-bond donors (Lipinski definition) is 1. The monoisotopic (exact) mass is 421 g/mol.